The molecular weight excluding hydrogens is 346 g/mol. The van der Waals surface area contributed by atoms with Gasteiger partial charge in [0, 0.05) is 0 Å². The summed E-state index contributed by atoms with van der Waals surface area (Å²) in [5.74, 6) is -2.51. The van der Waals surface area contributed by atoms with E-state index < -0.39 is 40.7 Å². The largest absolute Gasteiger partial charge is 0.435 e. The smallest absolute Gasteiger partial charge is 0.324 e. The molecule has 3 aliphatic heterocycles. The molecule has 3 aliphatic rings. The molecule has 21 heavy (non-hydrogen) atoms. The Kier molecular flexibility index (Phi) is 3.42. The van der Waals surface area contributed by atoms with Gasteiger partial charge in [-0.3, -0.25) is 14.4 Å². The van der Waals surface area contributed by atoms with Gasteiger partial charge >= 0.3 is 5.97 Å². The zero-order chi connectivity index (χ0) is 15.4. The summed E-state index contributed by atoms with van der Waals surface area (Å²) in [5.41, 5.74) is 0. The normalized spacial score (nSPS) is 33.8. The number of carbonyl (C=O) groups excluding carboxylic acids is 3. The molecule has 0 saturated carbocycles. The van der Waals surface area contributed by atoms with Crippen molar-refractivity contribution in [2.24, 2.45) is 11.8 Å². The number of halogens is 1. The number of imide groups is 1. The van der Waals surface area contributed by atoms with E-state index in [2.05, 4.69) is 15.9 Å². The number of ether oxygens (including phenoxy) is 2. The molecule has 114 valence electrons. The molecule has 0 aromatic carbocycles. The quantitative estimate of drug-likeness (QED) is 0.239. The van der Waals surface area contributed by atoms with Crippen LogP contribution in [0.15, 0.2) is 12.2 Å². The SMILES string of the molecule is CC(C)(Br)C(=O)OCON1C(=O)C2C3C=CC(O3)[C@H]2C1=O. The fraction of sp³-hybridized carbons (Fsp3) is 0.615. The standard InChI is InChI=1S/C13H14BrNO6/c1-13(2,14)12(18)19-5-20-15-10(16)8-6-3-4-7(21-6)9(8)11(15)17/h3-4,6-9H,5H2,1-2H3/t6?,7?,8-,9?/m1/s1. The highest BCUT2D eigenvalue weighted by Crippen LogP contribution is 2.45. The Bertz CT molecular complexity index is 509. The van der Waals surface area contributed by atoms with Gasteiger partial charge in [0.15, 0.2) is 0 Å². The number of rotatable bonds is 4. The van der Waals surface area contributed by atoms with Gasteiger partial charge in [-0.15, -0.1) is 5.06 Å². The molecule has 7 nitrogen and oxygen atoms in total. The van der Waals surface area contributed by atoms with Crippen molar-refractivity contribution < 1.29 is 28.7 Å². The molecule has 3 unspecified atom stereocenters. The lowest BCUT2D eigenvalue weighted by atomic mass is 9.85. The van der Waals surface area contributed by atoms with E-state index >= 15 is 0 Å². The maximum Gasteiger partial charge on any atom is 0.324 e. The Morgan fingerprint density at radius 2 is 1.81 bits per heavy atom. The van der Waals surface area contributed by atoms with Crippen LogP contribution < -0.4 is 0 Å². The van der Waals surface area contributed by atoms with Crippen LogP contribution in [0.3, 0.4) is 0 Å². The van der Waals surface area contributed by atoms with Crippen LogP contribution in [0.2, 0.25) is 0 Å². The third kappa shape index (κ3) is 2.31. The molecular formula is C13H14BrNO6. The Hall–Kier alpha value is -1.25. The molecule has 2 amide bonds. The fourth-order valence-electron chi connectivity index (χ4n) is 2.71. The molecule has 0 spiro atoms. The number of nitrogens with zero attached hydrogens (tertiary/aromatic N) is 1. The molecule has 4 atom stereocenters. The molecule has 2 fully saturated rings. The van der Waals surface area contributed by atoms with Crippen molar-refractivity contribution in [3.8, 4) is 0 Å². The summed E-state index contributed by atoms with van der Waals surface area (Å²) in [6.45, 7) is 2.74. The van der Waals surface area contributed by atoms with Gasteiger partial charge in [-0.05, 0) is 13.8 Å². The molecule has 3 rings (SSSR count). The van der Waals surface area contributed by atoms with Gasteiger partial charge in [0.1, 0.15) is 4.32 Å². The zero-order valence-electron chi connectivity index (χ0n) is 11.4. The topological polar surface area (TPSA) is 82.1 Å². The maximum absolute atomic E-state index is 12.2. The minimum Gasteiger partial charge on any atom is -0.435 e. The second kappa shape index (κ2) is 4.89. The van der Waals surface area contributed by atoms with Crippen molar-refractivity contribution in [1.29, 1.82) is 0 Å². The minimum absolute atomic E-state index is 0.367. The van der Waals surface area contributed by atoms with Gasteiger partial charge in [-0.25, -0.2) is 4.84 Å². The highest BCUT2D eigenvalue weighted by molar-refractivity contribution is 9.10. The first kappa shape index (κ1) is 14.7. The van der Waals surface area contributed by atoms with Crippen molar-refractivity contribution >= 4 is 33.7 Å². The molecule has 8 heteroatoms. The first-order valence-corrected chi connectivity index (χ1v) is 7.30. The number of alkyl halides is 1. The van der Waals surface area contributed by atoms with E-state index in [-0.39, 0.29) is 12.2 Å². The number of carbonyl (C=O) groups is 3. The second-order valence-electron chi connectivity index (χ2n) is 5.62. The van der Waals surface area contributed by atoms with Gasteiger partial charge in [0.05, 0.1) is 24.0 Å². The van der Waals surface area contributed by atoms with Crippen molar-refractivity contribution in [3.05, 3.63) is 12.2 Å². The second-order valence-corrected chi connectivity index (χ2v) is 7.61. The summed E-state index contributed by atoms with van der Waals surface area (Å²) in [5, 5.41) is 0.694. The van der Waals surface area contributed by atoms with Gasteiger partial charge < -0.3 is 9.47 Å². The number of hydroxylamine groups is 2. The van der Waals surface area contributed by atoms with Crippen LogP contribution in [0.4, 0.5) is 0 Å². The minimum atomic E-state index is -0.858. The van der Waals surface area contributed by atoms with E-state index in [0.717, 1.165) is 0 Å². The van der Waals surface area contributed by atoms with Gasteiger partial charge in [-0.1, -0.05) is 28.1 Å². The lowest BCUT2D eigenvalue weighted by Crippen LogP contribution is -2.36. The predicted octanol–water partition coefficient (Wildman–Crippen LogP) is 0.531. The zero-order valence-corrected chi connectivity index (χ0v) is 13.0. The predicted molar refractivity (Wildman–Crippen MR) is 71.7 cm³/mol. The van der Waals surface area contributed by atoms with E-state index in [1.54, 1.807) is 26.0 Å². The molecule has 0 aromatic rings. The van der Waals surface area contributed by atoms with Crippen LogP contribution in [0.1, 0.15) is 13.8 Å². The number of hydrogen-bond acceptors (Lipinski definition) is 6. The summed E-state index contributed by atoms with van der Waals surface area (Å²) in [4.78, 5) is 40.9. The summed E-state index contributed by atoms with van der Waals surface area (Å²) in [7, 11) is 0. The summed E-state index contributed by atoms with van der Waals surface area (Å²) >= 11 is 3.14. The first-order valence-electron chi connectivity index (χ1n) is 6.51. The van der Waals surface area contributed by atoms with Gasteiger partial charge in [0.2, 0.25) is 6.79 Å². The van der Waals surface area contributed by atoms with Gasteiger partial charge in [-0.2, -0.15) is 0 Å². The molecule has 2 saturated heterocycles. The summed E-state index contributed by atoms with van der Waals surface area (Å²) < 4.78 is 9.49. The summed E-state index contributed by atoms with van der Waals surface area (Å²) in [6, 6.07) is 0. The molecule has 0 N–H and O–H groups in total. The first-order chi connectivity index (χ1) is 9.80. The number of fused-ring (bicyclic) bond motifs is 5. The lowest BCUT2D eigenvalue weighted by Gasteiger charge is -2.18. The van der Waals surface area contributed by atoms with E-state index in [1.807, 2.05) is 0 Å². The molecule has 0 aliphatic carbocycles. The average Bonchev–Trinajstić information content (AvgIpc) is 3.06. The number of amides is 2. The van der Waals surface area contributed by atoms with E-state index in [4.69, 9.17) is 14.3 Å². The van der Waals surface area contributed by atoms with Crippen molar-refractivity contribution in [1.82, 2.24) is 5.06 Å². The van der Waals surface area contributed by atoms with E-state index in [0.29, 0.717) is 5.06 Å². The Morgan fingerprint density at radius 3 is 2.29 bits per heavy atom. The highest BCUT2D eigenvalue weighted by atomic mass is 79.9. The molecule has 2 bridgehead atoms. The van der Waals surface area contributed by atoms with Crippen LogP contribution in [-0.4, -0.2) is 46.2 Å². The Labute approximate surface area is 129 Å². The van der Waals surface area contributed by atoms with Crippen LogP contribution in [-0.2, 0) is 28.7 Å². The maximum atomic E-state index is 12.2. The van der Waals surface area contributed by atoms with E-state index in [9.17, 15) is 14.4 Å². The lowest BCUT2D eigenvalue weighted by molar-refractivity contribution is -0.221. The number of esters is 1. The third-order valence-corrected chi connectivity index (χ3v) is 4.05. The highest BCUT2D eigenvalue weighted by Gasteiger charge is 2.61. The Morgan fingerprint density at radius 1 is 1.29 bits per heavy atom. The van der Waals surface area contributed by atoms with Crippen LogP contribution in [0.5, 0.6) is 0 Å². The monoisotopic (exact) mass is 359 g/mol. The fourth-order valence-corrected chi connectivity index (χ4v) is 2.82. The Balaban J connectivity index is 1.60. The third-order valence-electron chi connectivity index (χ3n) is 3.73. The van der Waals surface area contributed by atoms with Crippen molar-refractivity contribution in [2.45, 2.75) is 30.4 Å². The summed E-state index contributed by atoms with van der Waals surface area (Å²) in [6.07, 6.45) is 2.84. The van der Waals surface area contributed by atoms with Crippen LogP contribution in [0.25, 0.3) is 0 Å². The van der Waals surface area contributed by atoms with Crippen LogP contribution in [0, 0.1) is 11.8 Å². The van der Waals surface area contributed by atoms with Crippen molar-refractivity contribution in [2.75, 3.05) is 6.79 Å². The molecule has 0 aromatic heterocycles. The van der Waals surface area contributed by atoms with Gasteiger partial charge in [0.25, 0.3) is 11.8 Å². The number of hydrogen-bond donors (Lipinski definition) is 0. The van der Waals surface area contributed by atoms with Crippen molar-refractivity contribution in [3.63, 3.8) is 0 Å². The molecule has 3 heterocycles. The molecule has 0 radical (unpaired) electrons. The average molecular weight is 360 g/mol. The van der Waals surface area contributed by atoms with E-state index in [1.165, 1.54) is 0 Å². The van der Waals surface area contributed by atoms with Crippen LogP contribution >= 0.6 is 15.9 Å².